The van der Waals surface area contributed by atoms with Crippen LogP contribution in [0.15, 0.2) is 42.1 Å². The number of carboxylic acid groups (broad SMARTS) is 1. The molecular formula is C17H12F3NO3. The summed E-state index contributed by atoms with van der Waals surface area (Å²) in [6, 6.07) is 5.86. The van der Waals surface area contributed by atoms with Crippen LogP contribution in [0.25, 0.3) is 6.08 Å². The van der Waals surface area contributed by atoms with Gasteiger partial charge in [0, 0.05) is 12.6 Å². The van der Waals surface area contributed by atoms with Gasteiger partial charge in [0.05, 0.1) is 16.8 Å². The fraction of sp³-hybridized carbons (Fsp3) is 0.176. The molecule has 3 rings (SSSR count). The van der Waals surface area contributed by atoms with Crippen molar-refractivity contribution in [3.63, 3.8) is 0 Å². The maximum atomic E-state index is 12.5. The molecule has 24 heavy (non-hydrogen) atoms. The van der Waals surface area contributed by atoms with Crippen molar-refractivity contribution >= 4 is 12.0 Å². The molecule has 0 fully saturated rings. The van der Waals surface area contributed by atoms with Crippen LogP contribution in [0.1, 0.15) is 27.2 Å². The van der Waals surface area contributed by atoms with Crippen LogP contribution >= 0.6 is 0 Å². The first kappa shape index (κ1) is 16.0. The minimum Gasteiger partial charge on any atom is -0.489 e. The van der Waals surface area contributed by atoms with Gasteiger partial charge >= 0.3 is 12.1 Å². The third kappa shape index (κ3) is 3.24. The highest BCUT2D eigenvalue weighted by Crippen LogP contribution is 2.31. The van der Waals surface area contributed by atoms with Crippen molar-refractivity contribution in [1.29, 1.82) is 0 Å². The molecule has 0 spiro atoms. The Kier molecular flexibility index (Phi) is 4.01. The third-order valence-electron chi connectivity index (χ3n) is 3.67. The van der Waals surface area contributed by atoms with E-state index in [1.54, 1.807) is 6.08 Å². The minimum atomic E-state index is -4.38. The summed E-state index contributed by atoms with van der Waals surface area (Å²) in [5.41, 5.74) is 1.47. The predicted octanol–water partition coefficient (Wildman–Crippen LogP) is 3.82. The number of carboxylic acids is 1. The first-order chi connectivity index (χ1) is 11.3. The second-order valence-corrected chi connectivity index (χ2v) is 5.32. The average molecular weight is 335 g/mol. The van der Waals surface area contributed by atoms with Gasteiger partial charge in [-0.2, -0.15) is 13.2 Å². The summed E-state index contributed by atoms with van der Waals surface area (Å²) < 4.78 is 43.0. The van der Waals surface area contributed by atoms with Crippen LogP contribution in [0.4, 0.5) is 13.2 Å². The van der Waals surface area contributed by atoms with E-state index in [9.17, 15) is 18.0 Å². The lowest BCUT2D eigenvalue weighted by Gasteiger charge is -2.10. The van der Waals surface area contributed by atoms with Crippen molar-refractivity contribution in [3.05, 3.63) is 64.5 Å². The van der Waals surface area contributed by atoms with Crippen molar-refractivity contribution in [3.8, 4) is 5.75 Å². The van der Waals surface area contributed by atoms with Crippen LogP contribution in [-0.4, -0.2) is 22.7 Å². The maximum absolute atomic E-state index is 12.5. The Morgan fingerprint density at radius 1 is 1.21 bits per heavy atom. The number of hydrogen-bond donors (Lipinski definition) is 1. The summed E-state index contributed by atoms with van der Waals surface area (Å²) in [6.07, 6.45) is -0.817. The summed E-state index contributed by atoms with van der Waals surface area (Å²) >= 11 is 0. The molecule has 1 aromatic carbocycles. The summed E-state index contributed by atoms with van der Waals surface area (Å²) in [5, 5.41) is 9.16. The number of halogens is 3. The number of aromatic carboxylic acids is 1. The molecule has 0 saturated heterocycles. The fourth-order valence-electron chi connectivity index (χ4n) is 2.50. The van der Waals surface area contributed by atoms with E-state index in [1.807, 2.05) is 0 Å². The number of hydrogen-bond acceptors (Lipinski definition) is 3. The molecule has 0 amide bonds. The molecule has 1 aliphatic carbocycles. The van der Waals surface area contributed by atoms with Gasteiger partial charge in [-0.3, -0.25) is 4.98 Å². The van der Waals surface area contributed by atoms with E-state index in [0.29, 0.717) is 23.4 Å². The number of nitrogens with zero attached hydrogens (tertiary/aromatic N) is 1. The molecule has 4 nitrogen and oxygen atoms in total. The van der Waals surface area contributed by atoms with Gasteiger partial charge in [0.25, 0.3) is 0 Å². The van der Waals surface area contributed by atoms with Gasteiger partial charge in [-0.15, -0.1) is 0 Å². The molecule has 1 heterocycles. The Labute approximate surface area is 135 Å². The second-order valence-electron chi connectivity index (χ2n) is 5.32. The van der Waals surface area contributed by atoms with E-state index in [2.05, 4.69) is 4.98 Å². The highest BCUT2D eigenvalue weighted by atomic mass is 19.4. The Balaban J connectivity index is 1.67. The molecule has 1 aliphatic rings. The van der Waals surface area contributed by atoms with Crippen molar-refractivity contribution in [1.82, 2.24) is 4.98 Å². The topological polar surface area (TPSA) is 59.4 Å². The van der Waals surface area contributed by atoms with E-state index in [4.69, 9.17) is 9.84 Å². The van der Waals surface area contributed by atoms with Crippen LogP contribution in [0.5, 0.6) is 5.75 Å². The maximum Gasteiger partial charge on any atom is 0.416 e. The van der Waals surface area contributed by atoms with Gasteiger partial charge in [-0.1, -0.05) is 0 Å². The predicted molar refractivity (Wildman–Crippen MR) is 79.8 cm³/mol. The normalized spacial score (nSPS) is 13.4. The van der Waals surface area contributed by atoms with Gasteiger partial charge in [-0.05, 0) is 47.5 Å². The third-order valence-corrected chi connectivity index (χ3v) is 3.67. The largest absolute Gasteiger partial charge is 0.489 e. The quantitative estimate of drug-likeness (QED) is 0.923. The second kappa shape index (κ2) is 5.99. The molecule has 0 radical (unpaired) electrons. The van der Waals surface area contributed by atoms with Crippen LogP contribution in [-0.2, 0) is 12.6 Å². The Hall–Kier alpha value is -2.83. The smallest absolute Gasteiger partial charge is 0.416 e. The fourth-order valence-corrected chi connectivity index (χ4v) is 2.50. The Morgan fingerprint density at radius 3 is 2.54 bits per heavy atom. The molecule has 1 aromatic heterocycles. The van der Waals surface area contributed by atoms with Crippen LogP contribution in [0.2, 0.25) is 0 Å². The highest BCUT2D eigenvalue weighted by molar-refractivity contribution is 5.91. The van der Waals surface area contributed by atoms with Gasteiger partial charge in [0.15, 0.2) is 0 Å². The van der Waals surface area contributed by atoms with Crippen LogP contribution < -0.4 is 4.74 Å². The first-order valence-electron chi connectivity index (χ1n) is 7.05. The van der Waals surface area contributed by atoms with E-state index in [-0.39, 0.29) is 12.2 Å². The Bertz CT molecular complexity index is 811. The van der Waals surface area contributed by atoms with E-state index >= 15 is 0 Å². The molecule has 7 heteroatoms. The van der Waals surface area contributed by atoms with Crippen LogP contribution in [0.3, 0.4) is 0 Å². The minimum absolute atomic E-state index is 0.154. The highest BCUT2D eigenvalue weighted by Gasteiger charge is 2.30. The lowest BCUT2D eigenvalue weighted by atomic mass is 10.1. The number of pyridine rings is 1. The van der Waals surface area contributed by atoms with Gasteiger partial charge < -0.3 is 9.84 Å². The lowest BCUT2D eigenvalue weighted by molar-refractivity contribution is -0.137. The number of fused-ring (bicyclic) bond motifs is 1. The SMILES string of the molecule is O=C(O)c1ccnc2c1CC(COc1ccc(C(F)(F)F)cc1)=C2. The van der Waals surface area contributed by atoms with Gasteiger partial charge in [-0.25, -0.2) is 4.79 Å². The molecule has 2 aromatic rings. The first-order valence-corrected chi connectivity index (χ1v) is 7.05. The van der Waals surface area contributed by atoms with Crippen LogP contribution in [0, 0.1) is 0 Å². The number of benzene rings is 1. The number of carbonyl (C=O) groups is 1. The number of ether oxygens (including phenoxy) is 1. The number of aromatic nitrogens is 1. The standard InChI is InChI=1S/C17H12F3NO3/c18-17(19,20)11-1-3-12(4-2-11)24-9-10-7-14-13(16(22)23)5-6-21-15(14)8-10/h1-6,8H,7,9H2,(H,22,23). The molecular weight excluding hydrogens is 323 g/mol. The molecule has 0 atom stereocenters. The summed E-state index contributed by atoms with van der Waals surface area (Å²) in [6.45, 7) is 0.154. The average Bonchev–Trinajstić information content (AvgIpc) is 2.95. The molecule has 124 valence electrons. The van der Waals surface area contributed by atoms with Crippen molar-refractivity contribution in [2.45, 2.75) is 12.6 Å². The van der Waals surface area contributed by atoms with Gasteiger partial charge in [0.1, 0.15) is 12.4 Å². The van der Waals surface area contributed by atoms with Crippen molar-refractivity contribution in [2.75, 3.05) is 6.61 Å². The molecule has 0 aliphatic heterocycles. The monoisotopic (exact) mass is 335 g/mol. The van der Waals surface area contributed by atoms with E-state index in [1.165, 1.54) is 24.4 Å². The lowest BCUT2D eigenvalue weighted by Crippen LogP contribution is -2.06. The summed E-state index contributed by atoms with van der Waals surface area (Å²) in [7, 11) is 0. The Morgan fingerprint density at radius 2 is 1.92 bits per heavy atom. The zero-order chi connectivity index (χ0) is 17.3. The number of rotatable bonds is 4. The van der Waals surface area contributed by atoms with E-state index < -0.39 is 17.7 Å². The zero-order valence-electron chi connectivity index (χ0n) is 12.3. The zero-order valence-corrected chi connectivity index (χ0v) is 12.3. The molecule has 0 saturated carbocycles. The van der Waals surface area contributed by atoms with Crippen molar-refractivity contribution in [2.24, 2.45) is 0 Å². The van der Waals surface area contributed by atoms with Gasteiger partial charge in [0.2, 0.25) is 0 Å². The molecule has 0 bridgehead atoms. The molecule has 0 unspecified atom stereocenters. The summed E-state index contributed by atoms with van der Waals surface area (Å²) in [4.78, 5) is 15.3. The van der Waals surface area contributed by atoms with Crippen molar-refractivity contribution < 1.29 is 27.8 Å². The number of alkyl halides is 3. The summed E-state index contributed by atoms with van der Waals surface area (Å²) in [5.74, 6) is -0.710. The molecule has 1 N–H and O–H groups in total. The van der Waals surface area contributed by atoms with E-state index in [0.717, 1.165) is 17.7 Å².